The Morgan fingerprint density at radius 1 is 1.07 bits per heavy atom. The Bertz CT molecular complexity index is 1570. The van der Waals surface area contributed by atoms with Crippen molar-refractivity contribution in [2.75, 3.05) is 29.5 Å². The number of rotatable bonds is 11. The first-order chi connectivity index (χ1) is 22.1. The van der Waals surface area contributed by atoms with Gasteiger partial charge in [-0.15, -0.1) is 0 Å². The molecule has 46 heavy (non-hydrogen) atoms. The lowest BCUT2D eigenvalue weighted by Gasteiger charge is -2.31. The topological polar surface area (TPSA) is 101 Å². The fourth-order valence-corrected chi connectivity index (χ4v) is 6.89. The Labute approximate surface area is 272 Å². The highest BCUT2D eigenvalue weighted by molar-refractivity contribution is 6.09. The molecule has 2 aromatic rings. The number of carbonyl (C=O) groups excluding carboxylic acids is 3. The predicted molar refractivity (Wildman–Crippen MR) is 182 cm³/mol. The van der Waals surface area contributed by atoms with Crippen LogP contribution >= 0.6 is 0 Å². The van der Waals surface area contributed by atoms with Gasteiger partial charge in [-0.1, -0.05) is 60.6 Å². The highest BCUT2D eigenvalue weighted by atomic mass is 16.3. The van der Waals surface area contributed by atoms with E-state index in [2.05, 4.69) is 26.8 Å². The lowest BCUT2D eigenvalue weighted by Crippen LogP contribution is -2.44. The minimum Gasteiger partial charge on any atom is -0.394 e. The maximum Gasteiger partial charge on any atom is 0.264 e. The van der Waals surface area contributed by atoms with E-state index in [9.17, 15) is 24.6 Å². The minimum absolute atomic E-state index is 0.0344. The molecule has 0 aliphatic carbocycles. The number of aliphatic hydroxyl groups is 2. The molecule has 0 spiro atoms. The minimum atomic E-state index is -1.89. The highest BCUT2D eigenvalue weighted by Crippen LogP contribution is 2.48. The van der Waals surface area contributed by atoms with E-state index in [0.29, 0.717) is 42.9 Å². The first-order valence-electron chi connectivity index (χ1n) is 16.5. The van der Waals surface area contributed by atoms with Gasteiger partial charge < -0.3 is 20.0 Å². The van der Waals surface area contributed by atoms with Gasteiger partial charge >= 0.3 is 0 Å². The number of hydrogen-bond donors (Lipinski definition) is 2. The van der Waals surface area contributed by atoms with Crippen LogP contribution in [0.3, 0.4) is 0 Å². The largest absolute Gasteiger partial charge is 0.394 e. The molecule has 244 valence electrons. The van der Waals surface area contributed by atoms with Crippen molar-refractivity contribution in [2.45, 2.75) is 84.3 Å². The molecule has 8 heteroatoms. The number of amides is 3. The number of aliphatic hydroxyl groups excluding tert-OH is 1. The third kappa shape index (κ3) is 6.60. The molecule has 3 atom stereocenters. The van der Waals surface area contributed by atoms with Crippen LogP contribution in [0, 0.1) is 5.92 Å². The quantitative estimate of drug-likeness (QED) is 0.295. The van der Waals surface area contributed by atoms with Crippen molar-refractivity contribution in [1.29, 1.82) is 0 Å². The molecule has 1 saturated heterocycles. The molecular weight excluding hydrogens is 578 g/mol. The number of likely N-dealkylation sites (tertiary alicyclic amines) is 1. The molecule has 2 N–H and O–H groups in total. The fourth-order valence-electron chi connectivity index (χ4n) is 6.89. The van der Waals surface area contributed by atoms with Gasteiger partial charge in [0.25, 0.3) is 5.91 Å². The summed E-state index contributed by atoms with van der Waals surface area (Å²) in [4.78, 5) is 45.4. The van der Waals surface area contributed by atoms with E-state index in [0.717, 1.165) is 42.5 Å². The van der Waals surface area contributed by atoms with Crippen LogP contribution in [0.15, 0.2) is 77.9 Å². The van der Waals surface area contributed by atoms with E-state index in [1.54, 1.807) is 39.8 Å². The summed E-state index contributed by atoms with van der Waals surface area (Å²) in [5, 5.41) is 22.0. The van der Waals surface area contributed by atoms with E-state index in [4.69, 9.17) is 0 Å². The van der Waals surface area contributed by atoms with Crippen molar-refractivity contribution in [3.63, 3.8) is 0 Å². The van der Waals surface area contributed by atoms with Gasteiger partial charge in [0.15, 0.2) is 5.60 Å². The molecule has 3 heterocycles. The van der Waals surface area contributed by atoms with Crippen LogP contribution in [0.25, 0.3) is 0 Å². The Morgan fingerprint density at radius 3 is 2.61 bits per heavy atom. The Hall–Kier alpha value is -4.01. The molecule has 3 amide bonds. The summed E-state index contributed by atoms with van der Waals surface area (Å²) >= 11 is 0. The van der Waals surface area contributed by atoms with Crippen molar-refractivity contribution in [2.24, 2.45) is 5.92 Å². The second-order valence-corrected chi connectivity index (χ2v) is 13.1. The number of allylic oxidation sites excluding steroid dienone is 3. The van der Waals surface area contributed by atoms with E-state index in [-0.39, 0.29) is 30.9 Å². The zero-order valence-corrected chi connectivity index (χ0v) is 27.5. The maximum absolute atomic E-state index is 14.2. The summed E-state index contributed by atoms with van der Waals surface area (Å²) in [6, 6.07) is 13.1. The van der Waals surface area contributed by atoms with Crippen molar-refractivity contribution >= 4 is 34.8 Å². The number of aryl methyl sites for hydroxylation is 1. The molecule has 8 nitrogen and oxygen atoms in total. The van der Waals surface area contributed by atoms with Gasteiger partial charge in [0, 0.05) is 43.1 Å². The van der Waals surface area contributed by atoms with E-state index >= 15 is 0 Å². The summed E-state index contributed by atoms with van der Waals surface area (Å²) in [5.74, 6) is -1.20. The van der Waals surface area contributed by atoms with Crippen molar-refractivity contribution < 1.29 is 24.6 Å². The van der Waals surface area contributed by atoms with Gasteiger partial charge in [-0.25, -0.2) is 0 Å². The number of para-hydroxylation sites is 1. The van der Waals surface area contributed by atoms with E-state index < -0.39 is 17.4 Å². The van der Waals surface area contributed by atoms with Crippen molar-refractivity contribution in [1.82, 2.24) is 4.90 Å². The Morgan fingerprint density at radius 2 is 1.85 bits per heavy atom. The van der Waals surface area contributed by atoms with Gasteiger partial charge in [-0.2, -0.15) is 0 Å². The van der Waals surface area contributed by atoms with Crippen LogP contribution in [-0.4, -0.2) is 58.6 Å². The number of hydrogen-bond acceptors (Lipinski definition) is 5. The van der Waals surface area contributed by atoms with Gasteiger partial charge in [-0.05, 0) is 82.7 Å². The number of fused-ring (bicyclic) bond motifs is 2. The molecule has 0 bridgehead atoms. The molecule has 2 aromatic carbocycles. The first-order valence-corrected chi connectivity index (χ1v) is 16.5. The molecular formula is C38H47N3O5. The van der Waals surface area contributed by atoms with Gasteiger partial charge in [-0.3, -0.25) is 19.3 Å². The Kier molecular flexibility index (Phi) is 10.3. The average Bonchev–Trinajstić information content (AvgIpc) is 3.61. The molecule has 5 rings (SSSR count). The monoisotopic (exact) mass is 625 g/mol. The zero-order valence-electron chi connectivity index (χ0n) is 27.5. The van der Waals surface area contributed by atoms with Gasteiger partial charge in [0.05, 0.1) is 24.0 Å². The molecule has 0 radical (unpaired) electrons. The first kappa shape index (κ1) is 33.4. The smallest absolute Gasteiger partial charge is 0.264 e. The molecule has 0 saturated carbocycles. The number of carbonyl (C=O) groups is 3. The van der Waals surface area contributed by atoms with Crippen molar-refractivity contribution in [3.8, 4) is 0 Å². The summed E-state index contributed by atoms with van der Waals surface area (Å²) in [5.41, 5.74) is 4.08. The average molecular weight is 626 g/mol. The summed E-state index contributed by atoms with van der Waals surface area (Å²) in [6.45, 7) is 8.88. The van der Waals surface area contributed by atoms with Gasteiger partial charge in [0.2, 0.25) is 11.8 Å². The normalized spacial score (nSPS) is 22.0. The molecule has 1 fully saturated rings. The number of benzene rings is 2. The lowest BCUT2D eigenvalue weighted by atomic mass is 9.82. The molecule has 0 aromatic heterocycles. The van der Waals surface area contributed by atoms with Crippen LogP contribution in [0.5, 0.6) is 0 Å². The lowest BCUT2D eigenvalue weighted by molar-refractivity contribution is -0.139. The van der Waals surface area contributed by atoms with E-state index in [1.807, 2.05) is 42.5 Å². The van der Waals surface area contributed by atoms with Gasteiger partial charge in [0.1, 0.15) is 0 Å². The number of nitrogens with zero attached hydrogens (tertiary/aromatic N) is 3. The van der Waals surface area contributed by atoms with Crippen LogP contribution < -0.4 is 9.80 Å². The number of anilines is 3. The third-order valence-corrected chi connectivity index (χ3v) is 9.60. The van der Waals surface area contributed by atoms with Crippen molar-refractivity contribution in [3.05, 3.63) is 89.0 Å². The fraction of sp³-hybridized carbons (Fsp3) is 0.447. The SMILES string of the molecule is CC(C)=CCC/C(C)=C/CN1C(=O)[C@@](O)([C@@H](C)/C=C/CC(=O)N2CCC[C@H]2CO)c2cc(N3C(=O)CCc4ccccc43)ccc21. The third-order valence-electron chi connectivity index (χ3n) is 9.60. The summed E-state index contributed by atoms with van der Waals surface area (Å²) in [6.07, 6.45) is 12.3. The second-order valence-electron chi connectivity index (χ2n) is 13.1. The van der Waals surface area contributed by atoms with Crippen LogP contribution in [0.4, 0.5) is 17.1 Å². The summed E-state index contributed by atoms with van der Waals surface area (Å²) in [7, 11) is 0. The van der Waals surface area contributed by atoms with E-state index in [1.165, 1.54) is 5.57 Å². The Balaban J connectivity index is 1.47. The summed E-state index contributed by atoms with van der Waals surface area (Å²) < 4.78 is 0. The maximum atomic E-state index is 14.2. The van der Waals surface area contributed by atoms with Crippen LogP contribution in [-0.2, 0) is 26.4 Å². The zero-order chi connectivity index (χ0) is 33.0. The standard InChI is InChI=1S/C38H47N3O5/c1-26(2)10-7-11-27(3)21-23-40-34-19-18-30(41-33-15-6-5-13-29(33)17-20-36(41)44)24-32(34)38(46,37(40)45)28(4)12-8-16-35(43)39-22-9-14-31(39)25-42/h5-6,8,10,12-13,15,18-19,21,24,28,31,42,46H,7,9,11,14,16-17,20,22-23,25H2,1-4H3/b12-8+,27-21+/t28-,31-,38+/m0/s1. The molecule has 3 aliphatic rings. The molecule has 0 unspecified atom stereocenters. The van der Waals surface area contributed by atoms with Crippen LogP contribution in [0.1, 0.15) is 77.3 Å². The van der Waals surface area contributed by atoms with Crippen LogP contribution in [0.2, 0.25) is 0 Å². The highest BCUT2D eigenvalue weighted by Gasteiger charge is 2.52. The predicted octanol–water partition coefficient (Wildman–Crippen LogP) is 6.09. The second kappa shape index (κ2) is 14.2. The molecule has 3 aliphatic heterocycles.